The SMILES string of the molecule is CCOC(=O)/C=[N+](\[O-])CCc1ccccc1. The second-order valence-electron chi connectivity index (χ2n) is 3.26. The van der Waals surface area contributed by atoms with E-state index in [0.29, 0.717) is 11.2 Å². The minimum atomic E-state index is -0.592. The van der Waals surface area contributed by atoms with E-state index in [2.05, 4.69) is 4.74 Å². The monoisotopic (exact) mass is 221 g/mol. The summed E-state index contributed by atoms with van der Waals surface area (Å²) in [6, 6.07) is 9.64. The number of rotatable bonds is 5. The normalized spacial score (nSPS) is 11.2. The average Bonchev–Trinajstić information content (AvgIpc) is 2.28. The summed E-state index contributed by atoms with van der Waals surface area (Å²) in [4.78, 5) is 10.9. The molecule has 0 amide bonds. The molecule has 0 fully saturated rings. The number of esters is 1. The zero-order valence-electron chi connectivity index (χ0n) is 9.26. The Hall–Kier alpha value is -1.84. The van der Waals surface area contributed by atoms with Crippen molar-refractivity contribution >= 4 is 12.2 Å². The maximum Gasteiger partial charge on any atom is 0.396 e. The molecule has 4 nitrogen and oxygen atoms in total. The summed E-state index contributed by atoms with van der Waals surface area (Å²) in [6.45, 7) is 2.23. The predicted octanol–water partition coefficient (Wildman–Crippen LogP) is 1.37. The van der Waals surface area contributed by atoms with Gasteiger partial charge in [-0.15, -0.1) is 0 Å². The van der Waals surface area contributed by atoms with Crippen LogP contribution in [0, 0.1) is 5.21 Å². The lowest BCUT2D eigenvalue weighted by Gasteiger charge is -2.03. The van der Waals surface area contributed by atoms with Gasteiger partial charge < -0.3 is 9.94 Å². The molecule has 0 aliphatic carbocycles. The predicted molar refractivity (Wildman–Crippen MR) is 61.3 cm³/mol. The molecule has 4 heteroatoms. The first-order valence-electron chi connectivity index (χ1n) is 5.21. The molecule has 0 aliphatic rings. The van der Waals surface area contributed by atoms with Crippen LogP contribution in [0.25, 0.3) is 0 Å². The molecular formula is C12H15NO3. The number of nitrogens with zero attached hydrogens (tertiary/aromatic N) is 1. The number of hydroxylamine groups is 1. The summed E-state index contributed by atoms with van der Waals surface area (Å²) < 4.78 is 5.23. The van der Waals surface area contributed by atoms with Gasteiger partial charge in [0.1, 0.15) is 0 Å². The third-order valence-corrected chi connectivity index (χ3v) is 2.00. The number of carbonyl (C=O) groups is 1. The highest BCUT2D eigenvalue weighted by Gasteiger charge is 2.03. The zero-order valence-corrected chi connectivity index (χ0v) is 9.26. The van der Waals surface area contributed by atoms with Gasteiger partial charge in [0, 0.05) is 6.42 Å². The van der Waals surface area contributed by atoms with Crippen LogP contribution in [0.3, 0.4) is 0 Å². The van der Waals surface area contributed by atoms with Crippen LogP contribution in [0.2, 0.25) is 0 Å². The Kier molecular flexibility index (Phi) is 5.05. The fourth-order valence-corrected chi connectivity index (χ4v) is 1.25. The Labute approximate surface area is 94.7 Å². The van der Waals surface area contributed by atoms with Crippen LogP contribution in [0.15, 0.2) is 30.3 Å². The number of hydrogen-bond acceptors (Lipinski definition) is 3. The van der Waals surface area contributed by atoms with E-state index in [9.17, 15) is 10.0 Å². The Morgan fingerprint density at radius 2 is 2.12 bits per heavy atom. The van der Waals surface area contributed by atoms with E-state index >= 15 is 0 Å². The summed E-state index contributed by atoms with van der Waals surface area (Å²) in [5, 5.41) is 11.3. The summed E-state index contributed by atoms with van der Waals surface area (Å²) in [6.07, 6.45) is 1.55. The van der Waals surface area contributed by atoms with Crippen LogP contribution < -0.4 is 0 Å². The molecule has 0 aliphatic heterocycles. The molecule has 0 N–H and O–H groups in total. The molecule has 0 bridgehead atoms. The van der Waals surface area contributed by atoms with Crippen LogP contribution in [-0.2, 0) is 16.0 Å². The highest BCUT2D eigenvalue weighted by atomic mass is 16.5. The summed E-state index contributed by atoms with van der Waals surface area (Å²) in [7, 11) is 0. The van der Waals surface area contributed by atoms with Gasteiger partial charge in [0.2, 0.25) is 0 Å². The van der Waals surface area contributed by atoms with E-state index in [1.54, 1.807) is 6.92 Å². The molecule has 0 saturated heterocycles. The Morgan fingerprint density at radius 1 is 1.44 bits per heavy atom. The molecule has 86 valence electrons. The molecule has 0 unspecified atom stereocenters. The standard InChI is InChI=1S/C12H15NO3/c1-2-16-12(14)10-13(15)9-8-11-6-4-3-5-7-11/h3-7,10H,2,8-9H2,1H3/b13-10-. The molecule has 1 rings (SSSR count). The third kappa shape index (κ3) is 4.59. The first-order chi connectivity index (χ1) is 7.72. The van der Waals surface area contributed by atoms with Gasteiger partial charge in [-0.05, 0) is 12.5 Å². The van der Waals surface area contributed by atoms with Gasteiger partial charge in [0.05, 0.1) is 6.61 Å². The van der Waals surface area contributed by atoms with Crippen molar-refractivity contribution in [3.63, 3.8) is 0 Å². The summed E-state index contributed by atoms with van der Waals surface area (Å²) in [5.74, 6) is -0.592. The average molecular weight is 221 g/mol. The number of ether oxygens (including phenoxy) is 1. The van der Waals surface area contributed by atoms with Crippen LogP contribution in [0.1, 0.15) is 12.5 Å². The molecular weight excluding hydrogens is 206 g/mol. The second-order valence-corrected chi connectivity index (χ2v) is 3.26. The molecule has 0 heterocycles. The smallest absolute Gasteiger partial charge is 0.396 e. The largest absolute Gasteiger partial charge is 0.624 e. The van der Waals surface area contributed by atoms with Crippen molar-refractivity contribution in [1.82, 2.24) is 0 Å². The molecule has 0 atom stereocenters. The van der Waals surface area contributed by atoms with Crippen LogP contribution in [0.5, 0.6) is 0 Å². The molecule has 0 aromatic heterocycles. The minimum Gasteiger partial charge on any atom is -0.624 e. The molecule has 0 saturated carbocycles. The molecule has 0 spiro atoms. The van der Waals surface area contributed by atoms with Crippen LogP contribution in [-0.4, -0.2) is 30.1 Å². The Balaban J connectivity index is 2.40. The number of benzene rings is 1. The molecule has 16 heavy (non-hydrogen) atoms. The summed E-state index contributed by atoms with van der Waals surface area (Å²) in [5.41, 5.74) is 1.07. The van der Waals surface area contributed by atoms with Crippen molar-refractivity contribution in [3.8, 4) is 0 Å². The topological polar surface area (TPSA) is 52.4 Å². The van der Waals surface area contributed by atoms with Crippen LogP contribution >= 0.6 is 0 Å². The van der Waals surface area contributed by atoms with Gasteiger partial charge in [0.15, 0.2) is 6.54 Å². The quantitative estimate of drug-likeness (QED) is 0.248. The van der Waals surface area contributed by atoms with Crippen molar-refractivity contribution in [2.45, 2.75) is 13.3 Å². The first kappa shape index (κ1) is 12.2. The van der Waals surface area contributed by atoms with Crippen molar-refractivity contribution < 1.29 is 14.3 Å². The van der Waals surface area contributed by atoms with Gasteiger partial charge in [-0.25, -0.2) is 9.53 Å². The lowest BCUT2D eigenvalue weighted by Crippen LogP contribution is -2.17. The number of carbonyl (C=O) groups excluding carboxylic acids is 1. The highest BCUT2D eigenvalue weighted by molar-refractivity contribution is 6.20. The van der Waals surface area contributed by atoms with Crippen molar-refractivity contribution in [2.24, 2.45) is 0 Å². The van der Waals surface area contributed by atoms with E-state index in [1.807, 2.05) is 30.3 Å². The first-order valence-corrected chi connectivity index (χ1v) is 5.21. The molecule has 1 aromatic rings. The maximum absolute atomic E-state index is 11.3. The van der Waals surface area contributed by atoms with E-state index in [-0.39, 0.29) is 13.2 Å². The van der Waals surface area contributed by atoms with Gasteiger partial charge >= 0.3 is 5.97 Å². The lowest BCUT2D eigenvalue weighted by molar-refractivity contribution is -0.451. The van der Waals surface area contributed by atoms with Gasteiger partial charge in [0.25, 0.3) is 6.21 Å². The van der Waals surface area contributed by atoms with Gasteiger partial charge in [-0.1, -0.05) is 30.3 Å². The van der Waals surface area contributed by atoms with Crippen molar-refractivity contribution in [1.29, 1.82) is 0 Å². The van der Waals surface area contributed by atoms with Crippen molar-refractivity contribution in [2.75, 3.05) is 13.2 Å². The maximum atomic E-state index is 11.3. The van der Waals surface area contributed by atoms with E-state index in [1.165, 1.54) is 0 Å². The minimum absolute atomic E-state index is 0.253. The highest BCUT2D eigenvalue weighted by Crippen LogP contribution is 1.98. The van der Waals surface area contributed by atoms with Crippen LogP contribution in [0.4, 0.5) is 0 Å². The lowest BCUT2D eigenvalue weighted by atomic mass is 10.2. The third-order valence-electron chi connectivity index (χ3n) is 2.00. The van der Waals surface area contributed by atoms with Gasteiger partial charge in [-0.3, -0.25) is 0 Å². The fourth-order valence-electron chi connectivity index (χ4n) is 1.25. The fraction of sp³-hybridized carbons (Fsp3) is 0.333. The molecule has 0 radical (unpaired) electrons. The van der Waals surface area contributed by atoms with E-state index in [0.717, 1.165) is 11.8 Å². The Morgan fingerprint density at radius 3 is 2.75 bits per heavy atom. The zero-order chi connectivity index (χ0) is 11.8. The molecule has 1 aromatic carbocycles. The summed E-state index contributed by atoms with van der Waals surface area (Å²) >= 11 is 0. The van der Waals surface area contributed by atoms with E-state index in [4.69, 9.17) is 0 Å². The van der Waals surface area contributed by atoms with E-state index < -0.39 is 5.97 Å². The van der Waals surface area contributed by atoms with Crippen molar-refractivity contribution in [3.05, 3.63) is 41.1 Å². The second kappa shape index (κ2) is 6.61. The Bertz CT molecular complexity index is 360. The number of hydrogen-bond donors (Lipinski definition) is 0. The van der Waals surface area contributed by atoms with Gasteiger partial charge in [-0.2, -0.15) is 0 Å².